The first-order chi connectivity index (χ1) is 12.8. The molecule has 0 aromatic carbocycles. The van der Waals surface area contributed by atoms with Gasteiger partial charge >= 0.3 is 0 Å². The van der Waals surface area contributed by atoms with Crippen LogP contribution in [0.15, 0.2) is 11.2 Å². The quantitative estimate of drug-likeness (QED) is 0.820. The summed E-state index contributed by atoms with van der Waals surface area (Å²) in [6, 6.07) is 0.303. The first-order valence-corrected chi connectivity index (χ1v) is 10.3. The van der Waals surface area contributed by atoms with Crippen molar-refractivity contribution in [2.75, 3.05) is 35.7 Å². The van der Waals surface area contributed by atoms with Crippen molar-refractivity contribution >= 4 is 22.6 Å². The third-order valence-electron chi connectivity index (χ3n) is 5.16. The number of nitrogens with zero attached hydrogens (tertiary/aromatic N) is 6. The van der Waals surface area contributed by atoms with Crippen LogP contribution in [-0.2, 0) is 35.0 Å². The minimum absolute atomic E-state index is 0.303. The molecule has 0 saturated carbocycles. The molecule has 26 heavy (non-hydrogen) atoms. The molecule has 0 spiro atoms. The van der Waals surface area contributed by atoms with E-state index in [2.05, 4.69) is 25.0 Å². The summed E-state index contributed by atoms with van der Waals surface area (Å²) in [4.78, 5) is 12.4. The van der Waals surface area contributed by atoms with Crippen molar-refractivity contribution in [2.24, 2.45) is 0 Å². The maximum absolute atomic E-state index is 12.5. The second-order valence-corrected chi connectivity index (χ2v) is 8.35. The van der Waals surface area contributed by atoms with Crippen LogP contribution >= 0.6 is 0 Å². The minimum Gasteiger partial charge on any atom is -0.381 e. The Labute approximate surface area is 153 Å². The Morgan fingerprint density at radius 1 is 1.23 bits per heavy atom. The van der Waals surface area contributed by atoms with Gasteiger partial charge in [-0.05, 0) is 12.8 Å². The molecule has 1 saturated heterocycles. The summed E-state index contributed by atoms with van der Waals surface area (Å²) >= 11 is 0. The third kappa shape index (κ3) is 2.86. The highest BCUT2D eigenvalue weighted by Crippen LogP contribution is 2.31. The largest absolute Gasteiger partial charge is 0.381 e. The number of ether oxygens (including phenoxy) is 1. The molecule has 0 bridgehead atoms. The number of rotatable bonds is 3. The van der Waals surface area contributed by atoms with Gasteiger partial charge in [0.15, 0.2) is 5.82 Å². The van der Waals surface area contributed by atoms with Crippen molar-refractivity contribution < 1.29 is 8.95 Å². The van der Waals surface area contributed by atoms with Crippen molar-refractivity contribution in [2.45, 2.75) is 43.3 Å². The van der Waals surface area contributed by atoms with E-state index < -0.39 is 10.8 Å². The molecule has 138 valence electrons. The molecule has 1 N–H and O–H groups in total. The number of aryl methyl sites for hydroxylation is 1. The summed E-state index contributed by atoms with van der Waals surface area (Å²) in [5.41, 5.74) is 0.912. The number of hydrogen-bond acceptors (Lipinski definition) is 8. The van der Waals surface area contributed by atoms with Crippen molar-refractivity contribution in [1.82, 2.24) is 24.7 Å². The lowest BCUT2D eigenvalue weighted by atomic mass is 10.1. The average molecular weight is 375 g/mol. The molecular formula is C16H21N7O2S. The van der Waals surface area contributed by atoms with Gasteiger partial charge in [-0.1, -0.05) is 0 Å². The minimum atomic E-state index is -1.02. The van der Waals surface area contributed by atoms with Crippen LogP contribution in [0.1, 0.15) is 24.4 Å². The molecule has 9 nitrogen and oxygen atoms in total. The van der Waals surface area contributed by atoms with E-state index in [9.17, 15) is 4.21 Å². The second kappa shape index (κ2) is 6.58. The Hall–Kier alpha value is -2.07. The van der Waals surface area contributed by atoms with Gasteiger partial charge in [0, 0.05) is 44.5 Å². The highest BCUT2D eigenvalue weighted by atomic mass is 32.2. The topological polar surface area (TPSA) is 98.1 Å². The van der Waals surface area contributed by atoms with Gasteiger partial charge in [0.25, 0.3) is 0 Å². The van der Waals surface area contributed by atoms with E-state index in [1.54, 1.807) is 6.33 Å². The number of fused-ring (bicyclic) bond motifs is 2. The molecule has 5 heterocycles. The zero-order valence-corrected chi connectivity index (χ0v) is 15.2. The number of anilines is 2. The lowest BCUT2D eigenvalue weighted by Gasteiger charge is -2.29. The fourth-order valence-electron chi connectivity index (χ4n) is 3.70. The maximum atomic E-state index is 12.5. The van der Waals surface area contributed by atoms with E-state index in [0.29, 0.717) is 24.3 Å². The summed E-state index contributed by atoms with van der Waals surface area (Å²) < 4.78 is 20.0. The molecule has 1 atom stereocenters. The molecule has 5 rings (SSSR count). The molecule has 0 aliphatic carbocycles. The van der Waals surface area contributed by atoms with E-state index in [4.69, 9.17) is 14.7 Å². The fraction of sp³-hybridized carbons (Fsp3) is 0.625. The summed E-state index contributed by atoms with van der Waals surface area (Å²) in [7, 11) is -1.02. The van der Waals surface area contributed by atoms with Gasteiger partial charge in [-0.3, -0.25) is 4.21 Å². The predicted octanol–water partition coefficient (Wildman–Crippen LogP) is 0.343. The summed E-state index contributed by atoms with van der Waals surface area (Å²) in [5.74, 6) is 2.97. The molecule has 3 aliphatic rings. The molecule has 1 fully saturated rings. The van der Waals surface area contributed by atoms with Gasteiger partial charge in [-0.15, -0.1) is 10.2 Å². The van der Waals surface area contributed by atoms with Gasteiger partial charge in [-0.25, -0.2) is 4.98 Å². The van der Waals surface area contributed by atoms with Gasteiger partial charge < -0.3 is 19.5 Å². The summed E-state index contributed by atoms with van der Waals surface area (Å²) in [5, 5.41) is 11.7. The fourth-order valence-corrected chi connectivity index (χ4v) is 5.01. The van der Waals surface area contributed by atoms with E-state index in [1.165, 1.54) is 0 Å². The van der Waals surface area contributed by atoms with Crippen LogP contribution in [0, 0.1) is 0 Å². The molecule has 2 aromatic heterocycles. The van der Waals surface area contributed by atoms with Crippen molar-refractivity contribution in [3.63, 3.8) is 0 Å². The van der Waals surface area contributed by atoms with Gasteiger partial charge in [0.05, 0.1) is 23.0 Å². The first kappa shape index (κ1) is 16.1. The molecule has 2 aromatic rings. The second-order valence-electron chi connectivity index (χ2n) is 6.84. The lowest BCUT2D eigenvalue weighted by molar-refractivity contribution is 0.0903. The molecule has 0 amide bonds. The SMILES string of the molecule is O=S1CCc2nc(N3CCn4cnnc4C3)nc(NC3CCOCC3)c21. The molecule has 3 aliphatic heterocycles. The van der Waals surface area contributed by atoms with E-state index in [1.807, 2.05) is 0 Å². The van der Waals surface area contributed by atoms with Crippen LogP contribution in [0.3, 0.4) is 0 Å². The van der Waals surface area contributed by atoms with Crippen LogP contribution in [0.4, 0.5) is 11.8 Å². The average Bonchev–Trinajstić information content (AvgIpc) is 3.28. The Morgan fingerprint density at radius 2 is 2.12 bits per heavy atom. The summed E-state index contributed by atoms with van der Waals surface area (Å²) in [6.07, 6.45) is 4.38. The summed E-state index contributed by atoms with van der Waals surface area (Å²) in [6.45, 7) is 3.77. The van der Waals surface area contributed by atoms with Gasteiger partial charge in [0.1, 0.15) is 17.0 Å². The Bertz CT molecular complexity index is 849. The molecular weight excluding hydrogens is 354 g/mol. The molecule has 1 unspecified atom stereocenters. The van der Waals surface area contributed by atoms with Crippen LogP contribution in [0.2, 0.25) is 0 Å². The normalized spacial score (nSPS) is 22.9. The van der Waals surface area contributed by atoms with Gasteiger partial charge in [-0.2, -0.15) is 4.98 Å². The Morgan fingerprint density at radius 3 is 3.00 bits per heavy atom. The van der Waals surface area contributed by atoms with E-state index in [0.717, 1.165) is 67.8 Å². The lowest BCUT2D eigenvalue weighted by Crippen LogP contribution is -2.35. The predicted molar refractivity (Wildman–Crippen MR) is 95.5 cm³/mol. The van der Waals surface area contributed by atoms with Crippen molar-refractivity contribution in [1.29, 1.82) is 0 Å². The Balaban J connectivity index is 1.47. The number of hydrogen-bond donors (Lipinski definition) is 1. The zero-order valence-electron chi connectivity index (χ0n) is 14.4. The highest BCUT2D eigenvalue weighted by molar-refractivity contribution is 7.85. The standard InChI is InChI=1S/C16H21N7O2S/c24-26-8-3-12-14(26)15(18-11-1-6-25-7-2-11)20-16(19-12)22-4-5-23-10-17-21-13(23)9-22/h10-11H,1-9H2,(H,18,19,20). The van der Waals surface area contributed by atoms with Crippen LogP contribution < -0.4 is 10.2 Å². The van der Waals surface area contributed by atoms with Crippen LogP contribution in [0.25, 0.3) is 0 Å². The highest BCUT2D eigenvalue weighted by Gasteiger charge is 2.29. The monoisotopic (exact) mass is 375 g/mol. The van der Waals surface area contributed by atoms with E-state index >= 15 is 0 Å². The smallest absolute Gasteiger partial charge is 0.228 e. The molecule has 10 heteroatoms. The van der Waals surface area contributed by atoms with E-state index in [-0.39, 0.29) is 0 Å². The zero-order chi connectivity index (χ0) is 17.5. The third-order valence-corrected chi connectivity index (χ3v) is 6.62. The maximum Gasteiger partial charge on any atom is 0.228 e. The number of aromatic nitrogens is 5. The first-order valence-electron chi connectivity index (χ1n) is 9.03. The van der Waals surface area contributed by atoms with Crippen LogP contribution in [0.5, 0.6) is 0 Å². The van der Waals surface area contributed by atoms with Crippen molar-refractivity contribution in [3.05, 3.63) is 17.8 Å². The molecule has 0 radical (unpaired) electrons. The van der Waals surface area contributed by atoms with Crippen molar-refractivity contribution in [3.8, 4) is 0 Å². The van der Waals surface area contributed by atoms with Gasteiger partial charge in [0.2, 0.25) is 5.95 Å². The van der Waals surface area contributed by atoms with Crippen LogP contribution in [-0.4, -0.2) is 60.5 Å². The Kier molecular flexibility index (Phi) is 4.08. The number of nitrogens with one attached hydrogen (secondary N) is 1.